The number of alkyl halides is 1. The van der Waals surface area contributed by atoms with Gasteiger partial charge in [-0.2, -0.15) is 0 Å². The van der Waals surface area contributed by atoms with Crippen LogP contribution in [0.4, 0.5) is 4.39 Å². The van der Waals surface area contributed by atoms with Gasteiger partial charge in [0.25, 0.3) is 0 Å². The van der Waals surface area contributed by atoms with Gasteiger partial charge >= 0.3 is 0 Å². The van der Waals surface area contributed by atoms with E-state index in [1.54, 1.807) is 0 Å². The molecule has 1 aliphatic rings. The molecule has 0 N–H and O–H groups in total. The van der Waals surface area contributed by atoms with Gasteiger partial charge in [0.2, 0.25) is 0 Å². The third-order valence-electron chi connectivity index (χ3n) is 3.61. The van der Waals surface area contributed by atoms with Crippen LogP contribution in [0.1, 0.15) is 71.1 Å². The lowest BCUT2D eigenvalue weighted by molar-refractivity contribution is 0.355. The van der Waals surface area contributed by atoms with E-state index in [0.29, 0.717) is 0 Å². The molecule has 0 radical (unpaired) electrons. The molecule has 0 aromatic carbocycles. The summed E-state index contributed by atoms with van der Waals surface area (Å²) in [6, 6.07) is 0. The molecule has 0 saturated heterocycles. The molecule has 1 saturated carbocycles. The van der Waals surface area contributed by atoms with Crippen molar-refractivity contribution in [3.63, 3.8) is 0 Å². The molecule has 0 bridgehead atoms. The summed E-state index contributed by atoms with van der Waals surface area (Å²) >= 11 is 0. The summed E-state index contributed by atoms with van der Waals surface area (Å²) in [6.07, 6.45) is 13.1. The van der Waals surface area contributed by atoms with Crippen LogP contribution in [0.15, 0.2) is 0 Å². The second-order valence-electron chi connectivity index (χ2n) is 5.21. The molecule has 1 unspecified atom stereocenters. The van der Waals surface area contributed by atoms with Crippen LogP contribution in [0.3, 0.4) is 0 Å². The van der Waals surface area contributed by atoms with Crippen LogP contribution in [-0.2, 0) is 0 Å². The van der Waals surface area contributed by atoms with Gasteiger partial charge in [-0.1, -0.05) is 58.3 Å². The molecule has 15 heavy (non-hydrogen) atoms. The van der Waals surface area contributed by atoms with Crippen LogP contribution in [0, 0.1) is 11.8 Å². The number of rotatable bonds is 10. The molecule has 0 aromatic heterocycles. The second-order valence-corrected chi connectivity index (χ2v) is 5.21. The van der Waals surface area contributed by atoms with E-state index in [4.69, 9.17) is 0 Å². The SMILES string of the molecule is CCCC(CCCF)CCCCC1CC1. The lowest BCUT2D eigenvalue weighted by atomic mass is 9.92. The molecule has 0 aromatic rings. The van der Waals surface area contributed by atoms with Crippen LogP contribution >= 0.6 is 0 Å². The minimum absolute atomic E-state index is 0.123. The summed E-state index contributed by atoms with van der Waals surface area (Å²) in [4.78, 5) is 0. The van der Waals surface area contributed by atoms with Crippen molar-refractivity contribution >= 4 is 0 Å². The van der Waals surface area contributed by atoms with E-state index < -0.39 is 0 Å². The molecule has 90 valence electrons. The summed E-state index contributed by atoms with van der Waals surface area (Å²) in [5.74, 6) is 1.89. The van der Waals surface area contributed by atoms with E-state index in [1.807, 2.05) is 0 Å². The van der Waals surface area contributed by atoms with Crippen LogP contribution in [0.5, 0.6) is 0 Å². The molecular weight excluding hydrogens is 187 g/mol. The van der Waals surface area contributed by atoms with Gasteiger partial charge in [0.15, 0.2) is 0 Å². The van der Waals surface area contributed by atoms with Gasteiger partial charge in [-0.05, 0) is 24.7 Å². The molecule has 0 amide bonds. The van der Waals surface area contributed by atoms with Crippen molar-refractivity contribution in [1.82, 2.24) is 0 Å². The maximum Gasteiger partial charge on any atom is 0.0894 e. The van der Waals surface area contributed by atoms with Crippen molar-refractivity contribution in [2.75, 3.05) is 6.67 Å². The summed E-state index contributed by atoms with van der Waals surface area (Å²) < 4.78 is 12.1. The Labute approximate surface area is 94.6 Å². The highest BCUT2D eigenvalue weighted by Crippen LogP contribution is 2.34. The average molecular weight is 214 g/mol. The molecule has 1 aliphatic carbocycles. The van der Waals surface area contributed by atoms with Crippen LogP contribution in [0.2, 0.25) is 0 Å². The van der Waals surface area contributed by atoms with Crippen LogP contribution < -0.4 is 0 Å². The number of hydrogen-bond acceptors (Lipinski definition) is 0. The van der Waals surface area contributed by atoms with E-state index in [0.717, 1.165) is 24.7 Å². The highest BCUT2D eigenvalue weighted by Gasteiger charge is 2.20. The van der Waals surface area contributed by atoms with E-state index >= 15 is 0 Å². The van der Waals surface area contributed by atoms with Crippen LogP contribution in [0.25, 0.3) is 0 Å². The predicted molar refractivity (Wildman–Crippen MR) is 64.8 cm³/mol. The molecule has 0 nitrogen and oxygen atoms in total. The van der Waals surface area contributed by atoms with E-state index in [1.165, 1.54) is 51.4 Å². The van der Waals surface area contributed by atoms with Gasteiger partial charge in [-0.25, -0.2) is 0 Å². The molecule has 1 rings (SSSR count). The fourth-order valence-corrected chi connectivity index (χ4v) is 2.48. The van der Waals surface area contributed by atoms with E-state index in [2.05, 4.69) is 6.92 Å². The van der Waals surface area contributed by atoms with Crippen LogP contribution in [-0.4, -0.2) is 6.67 Å². The average Bonchev–Trinajstić information content (AvgIpc) is 3.04. The molecule has 0 spiro atoms. The van der Waals surface area contributed by atoms with Crippen molar-refractivity contribution in [2.24, 2.45) is 11.8 Å². The molecule has 1 fully saturated rings. The van der Waals surface area contributed by atoms with Crippen molar-refractivity contribution in [2.45, 2.75) is 71.1 Å². The Morgan fingerprint density at radius 1 is 1.07 bits per heavy atom. The molecule has 0 aliphatic heterocycles. The van der Waals surface area contributed by atoms with Gasteiger partial charge in [0.1, 0.15) is 0 Å². The summed E-state index contributed by atoms with van der Waals surface area (Å²) in [5, 5.41) is 0. The first-order valence-electron chi connectivity index (χ1n) is 6.92. The van der Waals surface area contributed by atoms with Gasteiger partial charge < -0.3 is 0 Å². The molecular formula is C14H27F. The highest BCUT2D eigenvalue weighted by molar-refractivity contribution is 4.72. The zero-order chi connectivity index (χ0) is 10.9. The summed E-state index contributed by atoms with van der Waals surface area (Å²) in [6.45, 7) is 2.12. The smallest absolute Gasteiger partial charge is 0.0894 e. The van der Waals surface area contributed by atoms with Gasteiger partial charge in [0, 0.05) is 0 Å². The zero-order valence-corrected chi connectivity index (χ0v) is 10.3. The molecule has 1 atom stereocenters. The number of halogens is 1. The van der Waals surface area contributed by atoms with E-state index in [-0.39, 0.29) is 6.67 Å². The Morgan fingerprint density at radius 2 is 1.80 bits per heavy atom. The first-order valence-corrected chi connectivity index (χ1v) is 6.92. The lowest BCUT2D eigenvalue weighted by Crippen LogP contribution is -2.01. The van der Waals surface area contributed by atoms with Crippen molar-refractivity contribution < 1.29 is 4.39 Å². The third kappa shape index (κ3) is 6.92. The maximum absolute atomic E-state index is 12.1. The monoisotopic (exact) mass is 214 g/mol. The Bertz CT molecular complexity index is 140. The zero-order valence-electron chi connectivity index (χ0n) is 10.3. The third-order valence-corrected chi connectivity index (χ3v) is 3.61. The maximum atomic E-state index is 12.1. The van der Waals surface area contributed by atoms with Crippen molar-refractivity contribution in [3.8, 4) is 0 Å². The largest absolute Gasteiger partial charge is 0.251 e. The fourth-order valence-electron chi connectivity index (χ4n) is 2.48. The summed E-state index contributed by atoms with van der Waals surface area (Å²) in [7, 11) is 0. The minimum Gasteiger partial charge on any atom is -0.251 e. The highest BCUT2D eigenvalue weighted by atomic mass is 19.1. The Balaban J connectivity index is 1.95. The Kier molecular flexibility index (Phi) is 7.04. The Morgan fingerprint density at radius 3 is 2.40 bits per heavy atom. The normalized spacial score (nSPS) is 18.0. The first-order chi connectivity index (χ1) is 7.36. The van der Waals surface area contributed by atoms with Gasteiger partial charge in [-0.3, -0.25) is 4.39 Å². The van der Waals surface area contributed by atoms with Gasteiger partial charge in [0.05, 0.1) is 6.67 Å². The predicted octanol–water partition coefficient (Wildman–Crippen LogP) is 5.12. The fraction of sp³-hybridized carbons (Fsp3) is 1.00. The molecule has 1 heteroatoms. The Hall–Kier alpha value is -0.0700. The van der Waals surface area contributed by atoms with Crippen molar-refractivity contribution in [3.05, 3.63) is 0 Å². The standard InChI is InChI=1S/C14H27F/c1-2-6-13(9-5-12-15)7-3-4-8-14-10-11-14/h13-14H,2-12H2,1H3. The second kappa shape index (κ2) is 8.13. The van der Waals surface area contributed by atoms with E-state index in [9.17, 15) is 4.39 Å². The van der Waals surface area contributed by atoms with Gasteiger partial charge in [-0.15, -0.1) is 0 Å². The minimum atomic E-state index is -0.123. The first kappa shape index (κ1) is 13.0. The quantitative estimate of drug-likeness (QED) is 0.443. The number of unbranched alkanes of at least 4 members (excludes halogenated alkanes) is 1. The number of hydrogen-bond donors (Lipinski definition) is 0. The van der Waals surface area contributed by atoms with Crippen molar-refractivity contribution in [1.29, 1.82) is 0 Å². The topological polar surface area (TPSA) is 0 Å². The molecule has 0 heterocycles. The summed E-state index contributed by atoms with van der Waals surface area (Å²) in [5.41, 5.74) is 0. The lowest BCUT2D eigenvalue weighted by Gasteiger charge is -2.14.